The third-order valence-electron chi connectivity index (χ3n) is 13.3. The van der Waals surface area contributed by atoms with Crippen molar-refractivity contribution in [2.75, 3.05) is 47.5 Å². The summed E-state index contributed by atoms with van der Waals surface area (Å²) < 4.78 is 22.9. The fourth-order valence-electron chi connectivity index (χ4n) is 8.71. The maximum Gasteiger partial charge on any atom is 0.361 e. The second-order valence-electron chi connectivity index (χ2n) is 21.6. The van der Waals surface area contributed by atoms with Gasteiger partial charge in [0.1, 0.15) is 13.2 Å². The van der Waals surface area contributed by atoms with Crippen LogP contribution in [0.15, 0.2) is 48.6 Å². The van der Waals surface area contributed by atoms with Crippen LogP contribution in [0.2, 0.25) is 0 Å². The molecule has 9 heteroatoms. The molecule has 0 saturated carbocycles. The summed E-state index contributed by atoms with van der Waals surface area (Å²) in [6.45, 7) is 4.78. The van der Waals surface area contributed by atoms with Crippen LogP contribution in [0.3, 0.4) is 0 Å². The lowest BCUT2D eigenvalue weighted by Gasteiger charge is -2.25. The fraction of sp³-hybridized carbons (Fsp3) is 0.825. The number of ether oxygens (including phenoxy) is 4. The van der Waals surface area contributed by atoms with Crippen molar-refractivity contribution in [1.29, 1.82) is 0 Å². The molecule has 9 nitrogen and oxygen atoms in total. The number of hydrogen-bond donors (Lipinski definition) is 1. The molecule has 0 radical (unpaired) electrons. The fourth-order valence-corrected chi connectivity index (χ4v) is 8.71. The average Bonchev–Trinajstić information content (AvgIpc) is 3.35. The highest BCUT2D eigenvalue weighted by atomic mass is 16.7. The number of carboxylic acids is 1. The Labute approximate surface area is 444 Å². The Morgan fingerprint density at radius 1 is 0.431 bits per heavy atom. The van der Waals surface area contributed by atoms with E-state index in [2.05, 4.69) is 62.5 Å². The summed E-state index contributed by atoms with van der Waals surface area (Å²) in [6, 6.07) is 0. The number of rotatable bonds is 56. The van der Waals surface area contributed by atoms with Crippen molar-refractivity contribution < 1.29 is 42.9 Å². The molecule has 0 amide bonds. The van der Waals surface area contributed by atoms with E-state index in [0.717, 1.165) is 83.5 Å². The molecule has 0 aliphatic carbocycles. The van der Waals surface area contributed by atoms with Crippen LogP contribution in [-0.4, -0.2) is 87.4 Å². The van der Waals surface area contributed by atoms with E-state index in [-0.39, 0.29) is 32.2 Å². The first-order valence-electron chi connectivity index (χ1n) is 30.3. The van der Waals surface area contributed by atoms with Crippen molar-refractivity contribution in [3.63, 3.8) is 0 Å². The Balaban J connectivity index is 4.16. The van der Waals surface area contributed by atoms with E-state index in [1.165, 1.54) is 161 Å². The van der Waals surface area contributed by atoms with Gasteiger partial charge in [0.2, 0.25) is 0 Å². The van der Waals surface area contributed by atoms with Gasteiger partial charge in [-0.2, -0.15) is 0 Å². The molecule has 0 heterocycles. The molecule has 0 aromatic carbocycles. The van der Waals surface area contributed by atoms with Gasteiger partial charge < -0.3 is 28.5 Å². The molecule has 72 heavy (non-hydrogen) atoms. The zero-order valence-corrected chi connectivity index (χ0v) is 47.8. The third kappa shape index (κ3) is 55.0. The molecule has 0 bridgehead atoms. The monoisotopic (exact) mass is 1010 g/mol. The van der Waals surface area contributed by atoms with Crippen LogP contribution in [0.4, 0.5) is 0 Å². The number of likely N-dealkylation sites (N-methyl/N-ethyl adjacent to an activating group) is 1. The number of carbonyl (C=O) groups excluding carboxylic acids is 2. The van der Waals surface area contributed by atoms with Crippen molar-refractivity contribution in [3.8, 4) is 0 Å². The van der Waals surface area contributed by atoms with Crippen molar-refractivity contribution in [2.24, 2.45) is 0 Å². The average molecular weight is 1020 g/mol. The third-order valence-corrected chi connectivity index (χ3v) is 13.3. The Bertz CT molecular complexity index is 1320. The van der Waals surface area contributed by atoms with Crippen molar-refractivity contribution in [2.45, 2.75) is 289 Å². The number of carbonyl (C=O) groups is 3. The number of allylic oxidation sites excluding steroid dienone is 8. The quantitative estimate of drug-likeness (QED) is 0.0211. The molecule has 0 spiro atoms. The van der Waals surface area contributed by atoms with Crippen LogP contribution in [-0.2, 0) is 33.3 Å². The number of aliphatic carboxylic acids is 1. The van der Waals surface area contributed by atoms with Gasteiger partial charge in [-0.1, -0.05) is 262 Å². The van der Waals surface area contributed by atoms with Gasteiger partial charge in [0.15, 0.2) is 6.10 Å². The predicted molar refractivity (Wildman–Crippen MR) is 304 cm³/mol. The first kappa shape index (κ1) is 69.2. The summed E-state index contributed by atoms with van der Waals surface area (Å²) >= 11 is 0. The molecule has 0 aliphatic heterocycles. The maximum absolute atomic E-state index is 12.9. The smallest absolute Gasteiger partial charge is 0.361 e. The lowest BCUT2D eigenvalue weighted by molar-refractivity contribution is -0.870. The summed E-state index contributed by atoms with van der Waals surface area (Å²) in [5.74, 6) is -2.01. The van der Waals surface area contributed by atoms with Gasteiger partial charge in [0, 0.05) is 12.8 Å². The van der Waals surface area contributed by atoms with E-state index in [9.17, 15) is 19.5 Å². The van der Waals surface area contributed by atoms with Crippen molar-refractivity contribution in [1.82, 2.24) is 0 Å². The second-order valence-corrected chi connectivity index (χ2v) is 21.6. The largest absolute Gasteiger partial charge is 0.477 e. The van der Waals surface area contributed by atoms with Crippen LogP contribution in [0.5, 0.6) is 0 Å². The van der Waals surface area contributed by atoms with Gasteiger partial charge in [-0.3, -0.25) is 9.59 Å². The maximum atomic E-state index is 12.9. The van der Waals surface area contributed by atoms with Gasteiger partial charge in [-0.05, 0) is 51.4 Å². The molecule has 0 aromatic rings. The van der Waals surface area contributed by atoms with Crippen molar-refractivity contribution >= 4 is 17.9 Å². The highest BCUT2D eigenvalue weighted by molar-refractivity contribution is 5.71. The number of quaternary nitrogens is 1. The molecule has 0 saturated heterocycles. The Kier molecular flexibility index (Phi) is 52.4. The lowest BCUT2D eigenvalue weighted by atomic mass is 10.0. The highest BCUT2D eigenvalue weighted by Gasteiger charge is 2.25. The molecular formula is C63H116NO8+. The van der Waals surface area contributed by atoms with Gasteiger partial charge in [0.25, 0.3) is 6.29 Å². The molecule has 1 N–H and O–H groups in total. The minimum atomic E-state index is -1.51. The molecule has 0 rings (SSSR count). The highest BCUT2D eigenvalue weighted by Crippen LogP contribution is 2.17. The molecule has 2 atom stereocenters. The van der Waals surface area contributed by atoms with Gasteiger partial charge >= 0.3 is 17.9 Å². The minimum absolute atomic E-state index is 0.185. The zero-order valence-electron chi connectivity index (χ0n) is 47.8. The number of carboxylic acid groups (broad SMARTS) is 1. The Hall–Kier alpha value is -2.75. The normalized spacial score (nSPS) is 13.1. The summed E-state index contributed by atoms with van der Waals surface area (Å²) in [6.07, 6.45) is 64.9. The number of esters is 2. The number of hydrogen-bond acceptors (Lipinski definition) is 7. The zero-order chi connectivity index (χ0) is 52.7. The molecule has 2 unspecified atom stereocenters. The van der Waals surface area contributed by atoms with Crippen LogP contribution >= 0.6 is 0 Å². The van der Waals surface area contributed by atoms with Crippen LogP contribution < -0.4 is 0 Å². The first-order chi connectivity index (χ1) is 35.1. The van der Waals surface area contributed by atoms with Crippen molar-refractivity contribution in [3.05, 3.63) is 48.6 Å². The van der Waals surface area contributed by atoms with Gasteiger partial charge in [-0.15, -0.1) is 0 Å². The summed E-state index contributed by atoms with van der Waals surface area (Å²) in [5, 5.41) is 9.70. The predicted octanol–water partition coefficient (Wildman–Crippen LogP) is 17.9. The number of nitrogens with zero attached hydrogens (tertiary/aromatic N) is 1. The van der Waals surface area contributed by atoms with Gasteiger partial charge in [0.05, 0.1) is 34.4 Å². The molecule has 0 aromatic heterocycles. The Morgan fingerprint density at radius 2 is 0.792 bits per heavy atom. The van der Waals surface area contributed by atoms with Gasteiger partial charge in [-0.25, -0.2) is 4.79 Å². The Morgan fingerprint density at radius 3 is 1.18 bits per heavy atom. The molecule has 0 fully saturated rings. The van der Waals surface area contributed by atoms with Crippen LogP contribution in [0, 0.1) is 0 Å². The molecular weight excluding hydrogens is 899 g/mol. The SMILES string of the molecule is CC/C=C\C/C=C\C/C=C\C/C=C\CCCCCCCCC(=O)OC(COC(=O)CCCCCCCCCCCCCCCCCCCCCCCCCCCCCC)COC(OCC[N+](C)(C)C)C(=O)O. The van der Waals surface area contributed by atoms with Crippen LogP contribution in [0.1, 0.15) is 277 Å². The van der Waals surface area contributed by atoms with E-state index in [4.69, 9.17) is 18.9 Å². The van der Waals surface area contributed by atoms with E-state index in [1.54, 1.807) is 0 Å². The summed E-state index contributed by atoms with van der Waals surface area (Å²) in [4.78, 5) is 37.4. The second kappa shape index (κ2) is 54.5. The summed E-state index contributed by atoms with van der Waals surface area (Å²) in [7, 11) is 5.97. The van der Waals surface area contributed by atoms with E-state index < -0.39 is 24.3 Å². The summed E-state index contributed by atoms with van der Waals surface area (Å²) in [5.41, 5.74) is 0. The molecule has 0 aliphatic rings. The lowest BCUT2D eigenvalue weighted by Crippen LogP contribution is -2.40. The minimum Gasteiger partial charge on any atom is -0.477 e. The van der Waals surface area contributed by atoms with E-state index in [0.29, 0.717) is 23.9 Å². The number of unbranched alkanes of at least 4 members (excludes halogenated alkanes) is 33. The standard InChI is InChI=1S/C63H115NO8/c1-6-8-10-12-14-16-18-20-22-24-26-27-28-29-30-31-32-33-34-36-37-39-41-43-45-47-49-51-53-60(65)70-57-59(58-71-63(62(67)68)69-56-55-64(3,4)5)72-61(66)54-52-50-48-46-44-42-40-38-35-25-23-21-19-17-15-13-11-9-7-2/h9,11,15,17,21,23,35,38,59,63H,6-8,10,12-14,16,18-20,22,24-34,36-37,39-58H2,1-5H3/p+1/b11-9-,17-15-,23-21-,38-35-. The van der Waals surface area contributed by atoms with Crippen LogP contribution in [0.25, 0.3) is 0 Å². The topological polar surface area (TPSA) is 108 Å². The van der Waals surface area contributed by atoms with E-state index in [1.807, 2.05) is 21.1 Å². The first-order valence-corrected chi connectivity index (χ1v) is 30.3. The molecule has 420 valence electrons. The van der Waals surface area contributed by atoms with E-state index >= 15 is 0 Å².